The molecule has 0 aliphatic carbocycles. The van der Waals surface area contributed by atoms with Crippen LogP contribution in [0.5, 0.6) is 0 Å². The summed E-state index contributed by atoms with van der Waals surface area (Å²) < 4.78 is 33.0. The molecule has 2 aromatic rings. The van der Waals surface area contributed by atoms with Gasteiger partial charge in [0.2, 0.25) is 0 Å². The molecular weight excluding hydrogens is 312 g/mol. The first-order valence-corrected chi connectivity index (χ1v) is 8.53. The maximum absolute atomic E-state index is 14.0. The molecule has 0 spiro atoms. The summed E-state index contributed by atoms with van der Waals surface area (Å²) in [7, 11) is 0. The van der Waals surface area contributed by atoms with E-state index in [9.17, 15) is 8.78 Å². The molecule has 0 radical (unpaired) electrons. The molecule has 2 aliphatic rings. The standard InChI is InChI=1S/C18H21F2N3O/c19-13-11-15-17(1-4-21-18(15)16(20)12-13)23-7-5-22(6-8-23)14-2-9-24-10-3-14/h1,4,11-12,14H,2-3,5-10H2. The zero-order valence-corrected chi connectivity index (χ0v) is 13.5. The summed E-state index contributed by atoms with van der Waals surface area (Å²) in [5.74, 6) is -1.16. The second-order valence-electron chi connectivity index (χ2n) is 6.48. The molecule has 24 heavy (non-hydrogen) atoms. The molecule has 3 heterocycles. The lowest BCUT2D eigenvalue weighted by molar-refractivity contribution is 0.0321. The van der Waals surface area contributed by atoms with Gasteiger partial charge in [-0.1, -0.05) is 0 Å². The molecule has 4 nitrogen and oxygen atoms in total. The molecule has 1 aromatic heterocycles. The van der Waals surface area contributed by atoms with E-state index in [1.54, 1.807) is 6.20 Å². The van der Waals surface area contributed by atoms with Gasteiger partial charge in [0.1, 0.15) is 11.3 Å². The maximum atomic E-state index is 14.0. The minimum absolute atomic E-state index is 0.237. The number of ether oxygens (including phenoxy) is 1. The molecule has 0 unspecified atom stereocenters. The van der Waals surface area contributed by atoms with Crippen molar-refractivity contribution in [3.05, 3.63) is 36.0 Å². The smallest absolute Gasteiger partial charge is 0.152 e. The summed E-state index contributed by atoms with van der Waals surface area (Å²) >= 11 is 0. The predicted molar refractivity (Wildman–Crippen MR) is 89.3 cm³/mol. The minimum atomic E-state index is -0.604. The Morgan fingerprint density at radius 3 is 2.54 bits per heavy atom. The van der Waals surface area contributed by atoms with Crippen LogP contribution in [0.15, 0.2) is 24.4 Å². The van der Waals surface area contributed by atoms with E-state index in [1.807, 2.05) is 6.07 Å². The highest BCUT2D eigenvalue weighted by Gasteiger charge is 2.26. The van der Waals surface area contributed by atoms with Crippen LogP contribution in [0.4, 0.5) is 14.5 Å². The first kappa shape index (κ1) is 15.7. The average Bonchev–Trinajstić information content (AvgIpc) is 2.62. The number of benzene rings is 1. The van der Waals surface area contributed by atoms with Crippen molar-refractivity contribution >= 4 is 16.6 Å². The lowest BCUT2D eigenvalue weighted by Crippen LogP contribution is -2.51. The van der Waals surface area contributed by atoms with Crippen LogP contribution in [-0.4, -0.2) is 55.3 Å². The number of halogens is 2. The third-order valence-electron chi connectivity index (χ3n) is 5.10. The fourth-order valence-electron chi connectivity index (χ4n) is 3.82. The van der Waals surface area contributed by atoms with Crippen LogP contribution in [0.1, 0.15) is 12.8 Å². The molecular formula is C18H21F2N3O. The molecule has 0 saturated carbocycles. The van der Waals surface area contributed by atoms with Gasteiger partial charge in [0.15, 0.2) is 5.82 Å². The van der Waals surface area contributed by atoms with E-state index in [0.29, 0.717) is 11.4 Å². The van der Waals surface area contributed by atoms with E-state index >= 15 is 0 Å². The van der Waals surface area contributed by atoms with E-state index in [4.69, 9.17) is 4.74 Å². The van der Waals surface area contributed by atoms with Crippen molar-refractivity contribution in [2.75, 3.05) is 44.3 Å². The lowest BCUT2D eigenvalue weighted by Gasteiger charge is -2.41. The summed E-state index contributed by atoms with van der Waals surface area (Å²) in [6.07, 6.45) is 3.78. The van der Waals surface area contributed by atoms with Crippen molar-refractivity contribution in [3.63, 3.8) is 0 Å². The largest absolute Gasteiger partial charge is 0.381 e. The molecule has 1 aromatic carbocycles. The van der Waals surface area contributed by atoms with Crippen LogP contribution in [-0.2, 0) is 4.74 Å². The van der Waals surface area contributed by atoms with Gasteiger partial charge in [0, 0.05) is 68.8 Å². The summed E-state index contributed by atoms with van der Waals surface area (Å²) in [4.78, 5) is 8.80. The second kappa shape index (κ2) is 6.61. The van der Waals surface area contributed by atoms with E-state index in [-0.39, 0.29) is 5.52 Å². The summed E-state index contributed by atoms with van der Waals surface area (Å²) in [5.41, 5.74) is 1.10. The van der Waals surface area contributed by atoms with Gasteiger partial charge >= 0.3 is 0 Å². The van der Waals surface area contributed by atoms with Gasteiger partial charge in [0.05, 0.1) is 0 Å². The molecule has 0 atom stereocenters. The second-order valence-corrected chi connectivity index (χ2v) is 6.48. The van der Waals surface area contributed by atoms with Crippen molar-refractivity contribution in [2.24, 2.45) is 0 Å². The Balaban J connectivity index is 1.54. The molecule has 4 rings (SSSR count). The molecule has 2 aliphatic heterocycles. The normalized spacial score (nSPS) is 20.7. The van der Waals surface area contributed by atoms with Crippen LogP contribution in [0.3, 0.4) is 0 Å². The van der Waals surface area contributed by atoms with Gasteiger partial charge in [-0.25, -0.2) is 8.78 Å². The number of rotatable bonds is 2. The third kappa shape index (κ3) is 2.96. The Morgan fingerprint density at radius 2 is 1.79 bits per heavy atom. The Hall–Kier alpha value is -1.79. The predicted octanol–water partition coefficient (Wildman–Crippen LogP) is 2.81. The SMILES string of the molecule is Fc1cc(F)c2nccc(N3CCN(C4CCOCC4)CC3)c2c1. The number of hydrogen-bond donors (Lipinski definition) is 0. The number of pyridine rings is 1. The van der Waals surface area contributed by atoms with Crippen LogP contribution in [0.25, 0.3) is 10.9 Å². The Morgan fingerprint density at radius 1 is 1.04 bits per heavy atom. The van der Waals surface area contributed by atoms with Gasteiger partial charge in [-0.05, 0) is 25.0 Å². The number of anilines is 1. The number of aromatic nitrogens is 1. The molecule has 2 saturated heterocycles. The van der Waals surface area contributed by atoms with Crippen molar-refractivity contribution in [2.45, 2.75) is 18.9 Å². The fourth-order valence-corrected chi connectivity index (χ4v) is 3.82. The molecule has 0 bridgehead atoms. The molecule has 128 valence electrons. The van der Waals surface area contributed by atoms with E-state index < -0.39 is 11.6 Å². The summed E-state index contributed by atoms with van der Waals surface area (Å²) in [6, 6.07) is 4.73. The van der Waals surface area contributed by atoms with Crippen LogP contribution in [0, 0.1) is 11.6 Å². The highest BCUT2D eigenvalue weighted by molar-refractivity contribution is 5.92. The maximum Gasteiger partial charge on any atom is 0.152 e. The fraction of sp³-hybridized carbons (Fsp3) is 0.500. The van der Waals surface area contributed by atoms with Gasteiger partial charge in [-0.3, -0.25) is 9.88 Å². The summed E-state index contributed by atoms with van der Waals surface area (Å²) in [5, 5.41) is 0.550. The summed E-state index contributed by atoms with van der Waals surface area (Å²) in [6.45, 7) is 5.33. The van der Waals surface area contributed by atoms with Crippen molar-refractivity contribution < 1.29 is 13.5 Å². The van der Waals surface area contributed by atoms with E-state index in [0.717, 1.165) is 64.0 Å². The Labute approximate surface area is 140 Å². The van der Waals surface area contributed by atoms with Gasteiger partial charge in [-0.15, -0.1) is 0 Å². The van der Waals surface area contributed by atoms with Crippen LogP contribution < -0.4 is 4.90 Å². The minimum Gasteiger partial charge on any atom is -0.381 e. The molecule has 2 fully saturated rings. The van der Waals surface area contributed by atoms with Crippen molar-refractivity contribution in [1.82, 2.24) is 9.88 Å². The highest BCUT2D eigenvalue weighted by Crippen LogP contribution is 2.29. The average molecular weight is 333 g/mol. The topological polar surface area (TPSA) is 28.6 Å². The van der Waals surface area contributed by atoms with Gasteiger partial charge < -0.3 is 9.64 Å². The Bertz CT molecular complexity index is 726. The molecule has 0 N–H and O–H groups in total. The third-order valence-corrected chi connectivity index (χ3v) is 5.10. The first-order valence-electron chi connectivity index (χ1n) is 8.53. The van der Waals surface area contributed by atoms with Gasteiger partial charge in [-0.2, -0.15) is 0 Å². The molecule has 6 heteroatoms. The zero-order valence-electron chi connectivity index (χ0n) is 13.5. The van der Waals surface area contributed by atoms with Gasteiger partial charge in [0.25, 0.3) is 0 Å². The van der Waals surface area contributed by atoms with Crippen LogP contribution >= 0.6 is 0 Å². The Kier molecular flexibility index (Phi) is 4.33. The number of hydrogen-bond acceptors (Lipinski definition) is 4. The number of piperazine rings is 1. The molecule has 0 amide bonds. The monoisotopic (exact) mass is 333 g/mol. The number of fused-ring (bicyclic) bond motifs is 1. The quantitative estimate of drug-likeness (QED) is 0.845. The zero-order chi connectivity index (χ0) is 16.5. The van der Waals surface area contributed by atoms with E-state index in [2.05, 4.69) is 14.8 Å². The van der Waals surface area contributed by atoms with Crippen molar-refractivity contribution in [1.29, 1.82) is 0 Å². The van der Waals surface area contributed by atoms with Crippen LogP contribution in [0.2, 0.25) is 0 Å². The highest BCUT2D eigenvalue weighted by atomic mass is 19.1. The lowest BCUT2D eigenvalue weighted by atomic mass is 10.1. The number of nitrogens with zero attached hydrogens (tertiary/aromatic N) is 3. The van der Waals surface area contributed by atoms with Crippen molar-refractivity contribution in [3.8, 4) is 0 Å². The van der Waals surface area contributed by atoms with E-state index in [1.165, 1.54) is 6.07 Å². The first-order chi connectivity index (χ1) is 11.7.